The maximum atomic E-state index is 13.4. The van der Waals surface area contributed by atoms with Gasteiger partial charge in [-0.1, -0.05) is 30.3 Å². The highest BCUT2D eigenvalue weighted by Gasteiger charge is 2.06. The number of halogens is 1. The Balaban J connectivity index is 1.85. The van der Waals surface area contributed by atoms with Gasteiger partial charge in [0.25, 0.3) is 0 Å². The van der Waals surface area contributed by atoms with Crippen LogP contribution in [0, 0.1) is 19.7 Å². The van der Waals surface area contributed by atoms with Crippen molar-refractivity contribution < 1.29 is 9.18 Å². The van der Waals surface area contributed by atoms with Crippen molar-refractivity contribution in [1.29, 1.82) is 0 Å². The number of anilines is 1. The van der Waals surface area contributed by atoms with Crippen LogP contribution < -0.4 is 10.6 Å². The third-order valence-electron chi connectivity index (χ3n) is 3.49. The van der Waals surface area contributed by atoms with E-state index in [1.54, 1.807) is 18.2 Å². The molecule has 2 rings (SSSR count). The Morgan fingerprint density at radius 3 is 2.62 bits per heavy atom. The lowest BCUT2D eigenvalue weighted by Gasteiger charge is -2.11. The predicted molar refractivity (Wildman–Crippen MR) is 83.0 cm³/mol. The summed E-state index contributed by atoms with van der Waals surface area (Å²) in [6.45, 7) is 4.35. The van der Waals surface area contributed by atoms with Crippen LogP contribution in [0.4, 0.5) is 14.9 Å². The third kappa shape index (κ3) is 4.05. The van der Waals surface area contributed by atoms with Gasteiger partial charge in [0.1, 0.15) is 5.82 Å². The predicted octanol–water partition coefficient (Wildman–Crippen LogP) is 3.81. The van der Waals surface area contributed by atoms with Crippen LogP contribution in [0.25, 0.3) is 0 Å². The molecule has 0 aliphatic heterocycles. The van der Waals surface area contributed by atoms with Crippen LogP contribution >= 0.6 is 0 Å². The van der Waals surface area contributed by atoms with Gasteiger partial charge >= 0.3 is 6.03 Å². The number of carbonyl (C=O) groups excluding carboxylic acids is 1. The van der Waals surface area contributed by atoms with E-state index in [4.69, 9.17) is 0 Å². The molecule has 0 radical (unpaired) electrons. The standard InChI is InChI=1S/C17H19FN2O/c1-12-6-5-9-16(13(12)2)20-17(21)19-11-10-14-7-3-4-8-15(14)18/h3-9H,10-11H2,1-2H3,(H2,19,20,21). The van der Waals surface area contributed by atoms with E-state index in [1.807, 2.05) is 32.0 Å². The Labute approximate surface area is 124 Å². The van der Waals surface area contributed by atoms with Crippen molar-refractivity contribution in [2.45, 2.75) is 20.3 Å². The summed E-state index contributed by atoms with van der Waals surface area (Å²) in [6, 6.07) is 12.1. The van der Waals surface area contributed by atoms with E-state index in [9.17, 15) is 9.18 Å². The average molecular weight is 286 g/mol. The fraction of sp³-hybridized carbons (Fsp3) is 0.235. The summed E-state index contributed by atoms with van der Waals surface area (Å²) in [5.41, 5.74) is 3.56. The SMILES string of the molecule is Cc1cccc(NC(=O)NCCc2ccccc2F)c1C. The number of rotatable bonds is 4. The van der Waals surface area contributed by atoms with Crippen molar-refractivity contribution in [2.24, 2.45) is 0 Å². The first-order chi connectivity index (χ1) is 10.1. The Bertz CT molecular complexity index is 640. The first-order valence-corrected chi connectivity index (χ1v) is 6.92. The molecule has 2 amide bonds. The second-order valence-corrected chi connectivity index (χ2v) is 4.97. The zero-order valence-electron chi connectivity index (χ0n) is 12.2. The van der Waals surface area contributed by atoms with E-state index >= 15 is 0 Å². The van der Waals surface area contributed by atoms with Gasteiger partial charge in [-0.25, -0.2) is 9.18 Å². The van der Waals surface area contributed by atoms with Gasteiger partial charge in [-0.05, 0) is 49.1 Å². The maximum Gasteiger partial charge on any atom is 0.319 e. The summed E-state index contributed by atoms with van der Waals surface area (Å²) in [6.07, 6.45) is 0.465. The van der Waals surface area contributed by atoms with Gasteiger partial charge in [0.05, 0.1) is 0 Å². The van der Waals surface area contributed by atoms with Gasteiger partial charge in [0, 0.05) is 12.2 Å². The van der Waals surface area contributed by atoms with E-state index in [1.165, 1.54) is 6.07 Å². The molecule has 0 aromatic heterocycles. The summed E-state index contributed by atoms with van der Waals surface area (Å²) >= 11 is 0. The minimum absolute atomic E-state index is 0.241. The number of urea groups is 1. The van der Waals surface area contributed by atoms with Crippen LogP contribution in [0.1, 0.15) is 16.7 Å². The summed E-state index contributed by atoms with van der Waals surface area (Å²) in [5, 5.41) is 5.54. The highest BCUT2D eigenvalue weighted by molar-refractivity contribution is 5.90. The van der Waals surface area contributed by atoms with Crippen LogP contribution in [-0.2, 0) is 6.42 Å². The highest BCUT2D eigenvalue weighted by Crippen LogP contribution is 2.17. The minimum atomic E-state index is -0.278. The molecule has 2 aromatic rings. The van der Waals surface area contributed by atoms with Crippen LogP contribution in [0.5, 0.6) is 0 Å². The molecule has 0 aliphatic rings. The molecule has 0 spiro atoms. The molecule has 0 aliphatic carbocycles. The van der Waals surface area contributed by atoms with Gasteiger partial charge in [-0.15, -0.1) is 0 Å². The second kappa shape index (κ2) is 6.88. The quantitative estimate of drug-likeness (QED) is 0.881. The van der Waals surface area contributed by atoms with E-state index in [-0.39, 0.29) is 11.8 Å². The Morgan fingerprint density at radius 2 is 1.86 bits per heavy atom. The number of aryl methyl sites for hydroxylation is 1. The lowest BCUT2D eigenvalue weighted by molar-refractivity contribution is 0.252. The van der Waals surface area contributed by atoms with Gasteiger partial charge in [-0.2, -0.15) is 0 Å². The zero-order chi connectivity index (χ0) is 15.2. The van der Waals surface area contributed by atoms with Crippen molar-refractivity contribution in [1.82, 2.24) is 5.32 Å². The Morgan fingerprint density at radius 1 is 1.10 bits per heavy atom. The Hall–Kier alpha value is -2.36. The topological polar surface area (TPSA) is 41.1 Å². The monoisotopic (exact) mass is 286 g/mol. The van der Waals surface area contributed by atoms with Crippen molar-refractivity contribution >= 4 is 11.7 Å². The molecule has 0 atom stereocenters. The summed E-state index contributed by atoms with van der Waals surface area (Å²) in [5.74, 6) is -0.241. The number of hydrogen-bond donors (Lipinski definition) is 2. The van der Waals surface area contributed by atoms with E-state index < -0.39 is 0 Å². The first-order valence-electron chi connectivity index (χ1n) is 6.92. The molecular formula is C17H19FN2O. The van der Waals surface area contributed by atoms with Crippen molar-refractivity contribution in [3.8, 4) is 0 Å². The summed E-state index contributed by atoms with van der Waals surface area (Å²) < 4.78 is 13.4. The zero-order valence-corrected chi connectivity index (χ0v) is 12.2. The number of benzene rings is 2. The van der Waals surface area contributed by atoms with Gasteiger partial charge in [0.2, 0.25) is 0 Å². The molecule has 2 aromatic carbocycles. The number of amides is 2. The Kier molecular flexibility index (Phi) is 4.93. The first kappa shape index (κ1) is 15.0. The van der Waals surface area contributed by atoms with Crippen LogP contribution in [0.3, 0.4) is 0 Å². The molecular weight excluding hydrogens is 267 g/mol. The van der Waals surface area contributed by atoms with Crippen LogP contribution in [-0.4, -0.2) is 12.6 Å². The third-order valence-corrected chi connectivity index (χ3v) is 3.49. The molecule has 0 unspecified atom stereocenters. The molecule has 0 saturated carbocycles. The average Bonchev–Trinajstić information content (AvgIpc) is 2.46. The van der Waals surface area contributed by atoms with E-state index in [2.05, 4.69) is 10.6 Å². The molecule has 3 nitrogen and oxygen atoms in total. The fourth-order valence-corrected chi connectivity index (χ4v) is 2.06. The van der Waals surface area contributed by atoms with Gasteiger partial charge in [0.15, 0.2) is 0 Å². The molecule has 0 saturated heterocycles. The molecule has 0 heterocycles. The molecule has 110 valence electrons. The molecule has 4 heteroatoms. The van der Waals surface area contributed by atoms with E-state index in [0.29, 0.717) is 18.5 Å². The van der Waals surface area contributed by atoms with Crippen molar-refractivity contribution in [3.05, 3.63) is 65.0 Å². The van der Waals surface area contributed by atoms with Crippen LogP contribution in [0.15, 0.2) is 42.5 Å². The summed E-state index contributed by atoms with van der Waals surface area (Å²) in [4.78, 5) is 11.8. The highest BCUT2D eigenvalue weighted by atomic mass is 19.1. The second-order valence-electron chi connectivity index (χ2n) is 4.97. The maximum absolute atomic E-state index is 13.4. The number of nitrogens with one attached hydrogen (secondary N) is 2. The fourth-order valence-electron chi connectivity index (χ4n) is 2.06. The van der Waals surface area contributed by atoms with Gasteiger partial charge < -0.3 is 10.6 Å². The van der Waals surface area contributed by atoms with Gasteiger partial charge in [-0.3, -0.25) is 0 Å². The minimum Gasteiger partial charge on any atom is -0.338 e. The number of carbonyl (C=O) groups is 1. The lowest BCUT2D eigenvalue weighted by Crippen LogP contribution is -2.30. The summed E-state index contributed by atoms with van der Waals surface area (Å²) in [7, 11) is 0. The van der Waals surface area contributed by atoms with Crippen LogP contribution in [0.2, 0.25) is 0 Å². The normalized spacial score (nSPS) is 10.2. The smallest absolute Gasteiger partial charge is 0.319 e. The van der Waals surface area contributed by atoms with E-state index in [0.717, 1.165) is 16.8 Å². The molecule has 0 bridgehead atoms. The molecule has 2 N–H and O–H groups in total. The molecule has 21 heavy (non-hydrogen) atoms. The molecule has 0 fully saturated rings. The van der Waals surface area contributed by atoms with Crippen molar-refractivity contribution in [2.75, 3.05) is 11.9 Å². The number of hydrogen-bond acceptors (Lipinski definition) is 1. The lowest BCUT2D eigenvalue weighted by atomic mass is 10.1. The van der Waals surface area contributed by atoms with Crippen molar-refractivity contribution in [3.63, 3.8) is 0 Å². The largest absolute Gasteiger partial charge is 0.338 e.